The Labute approximate surface area is 110 Å². The highest BCUT2D eigenvalue weighted by molar-refractivity contribution is 6.31. The molecule has 3 nitrogen and oxygen atoms in total. The highest BCUT2D eigenvalue weighted by Crippen LogP contribution is 2.42. The largest absolute Gasteiger partial charge is 0.454 e. The summed E-state index contributed by atoms with van der Waals surface area (Å²) >= 11 is 5.89. The molecule has 1 aromatic carbocycles. The summed E-state index contributed by atoms with van der Waals surface area (Å²) in [7, 11) is 0. The second-order valence-electron chi connectivity index (χ2n) is 4.78. The van der Waals surface area contributed by atoms with E-state index in [1.54, 1.807) is 0 Å². The summed E-state index contributed by atoms with van der Waals surface area (Å²) in [4.78, 5) is 0. The minimum atomic E-state index is -0.362. The van der Waals surface area contributed by atoms with Gasteiger partial charge in [0, 0.05) is 11.6 Å². The molecule has 2 heterocycles. The molecule has 0 unspecified atom stereocenters. The van der Waals surface area contributed by atoms with E-state index < -0.39 is 0 Å². The van der Waals surface area contributed by atoms with E-state index in [1.165, 1.54) is 6.07 Å². The van der Waals surface area contributed by atoms with E-state index in [1.807, 2.05) is 0 Å². The standard InChI is InChI=1S/C13H15ClFNO2/c14-10-6-11-13(18-7-17-11)9(12(10)15)5-8-1-3-16-4-2-8/h6,8,16H,1-5,7H2. The van der Waals surface area contributed by atoms with Crippen LogP contribution in [0.2, 0.25) is 5.02 Å². The maximum absolute atomic E-state index is 14.1. The number of ether oxygens (including phenoxy) is 2. The van der Waals surface area contributed by atoms with Gasteiger partial charge in [0.15, 0.2) is 11.5 Å². The number of halogens is 2. The minimum absolute atomic E-state index is 0.114. The fourth-order valence-corrected chi connectivity index (χ4v) is 2.82. The molecule has 0 saturated carbocycles. The van der Waals surface area contributed by atoms with Crippen molar-refractivity contribution < 1.29 is 13.9 Å². The van der Waals surface area contributed by atoms with Crippen LogP contribution in [0.25, 0.3) is 0 Å². The van der Waals surface area contributed by atoms with Gasteiger partial charge in [-0.15, -0.1) is 0 Å². The van der Waals surface area contributed by atoms with E-state index in [9.17, 15) is 4.39 Å². The van der Waals surface area contributed by atoms with Gasteiger partial charge >= 0.3 is 0 Å². The average molecular weight is 272 g/mol. The smallest absolute Gasteiger partial charge is 0.231 e. The normalized spacial score (nSPS) is 19.2. The molecule has 0 amide bonds. The maximum Gasteiger partial charge on any atom is 0.231 e. The Morgan fingerprint density at radius 2 is 2.11 bits per heavy atom. The predicted molar refractivity (Wildman–Crippen MR) is 66.8 cm³/mol. The average Bonchev–Trinajstić information content (AvgIpc) is 2.84. The quantitative estimate of drug-likeness (QED) is 0.897. The van der Waals surface area contributed by atoms with Crippen LogP contribution in [0.5, 0.6) is 11.5 Å². The molecule has 0 aliphatic carbocycles. The van der Waals surface area contributed by atoms with E-state index in [-0.39, 0.29) is 17.6 Å². The summed E-state index contributed by atoms with van der Waals surface area (Å²) in [6.45, 7) is 2.13. The third-order valence-electron chi connectivity index (χ3n) is 3.60. The summed E-state index contributed by atoms with van der Waals surface area (Å²) in [6, 6.07) is 1.49. The Balaban J connectivity index is 1.90. The van der Waals surface area contributed by atoms with Crippen molar-refractivity contribution >= 4 is 11.6 Å². The van der Waals surface area contributed by atoms with Crippen LogP contribution in [0.15, 0.2) is 6.07 Å². The molecule has 3 rings (SSSR count). The SMILES string of the molecule is Fc1c(Cl)cc2c(c1CC1CCNCC1)OCO2. The first-order valence-corrected chi connectivity index (χ1v) is 6.60. The van der Waals surface area contributed by atoms with Gasteiger partial charge in [0.25, 0.3) is 0 Å². The second kappa shape index (κ2) is 4.94. The number of rotatable bonds is 2. The van der Waals surface area contributed by atoms with E-state index in [0.717, 1.165) is 25.9 Å². The monoisotopic (exact) mass is 271 g/mol. The minimum Gasteiger partial charge on any atom is -0.454 e. The second-order valence-corrected chi connectivity index (χ2v) is 5.19. The highest BCUT2D eigenvalue weighted by atomic mass is 35.5. The van der Waals surface area contributed by atoms with Crippen LogP contribution in [0.3, 0.4) is 0 Å². The van der Waals surface area contributed by atoms with Crippen molar-refractivity contribution in [3.8, 4) is 11.5 Å². The van der Waals surface area contributed by atoms with Gasteiger partial charge in [0.2, 0.25) is 6.79 Å². The third kappa shape index (κ3) is 2.15. The number of nitrogens with one attached hydrogen (secondary N) is 1. The van der Waals surface area contributed by atoms with Gasteiger partial charge in [-0.2, -0.15) is 0 Å². The molecule has 1 saturated heterocycles. The summed E-state index contributed by atoms with van der Waals surface area (Å²) < 4.78 is 24.8. The molecule has 0 radical (unpaired) electrons. The van der Waals surface area contributed by atoms with Gasteiger partial charge in [0.1, 0.15) is 5.82 Å². The lowest BCUT2D eigenvalue weighted by molar-refractivity contribution is 0.172. The van der Waals surface area contributed by atoms with Crippen LogP contribution in [-0.2, 0) is 6.42 Å². The van der Waals surface area contributed by atoms with Crippen molar-refractivity contribution in [2.75, 3.05) is 19.9 Å². The molecule has 1 fully saturated rings. The van der Waals surface area contributed by atoms with E-state index in [4.69, 9.17) is 21.1 Å². The van der Waals surface area contributed by atoms with Crippen molar-refractivity contribution in [3.05, 3.63) is 22.5 Å². The first-order chi connectivity index (χ1) is 8.75. The zero-order chi connectivity index (χ0) is 12.5. The Bertz CT molecular complexity index is 461. The highest BCUT2D eigenvalue weighted by Gasteiger charge is 2.26. The van der Waals surface area contributed by atoms with E-state index in [0.29, 0.717) is 29.4 Å². The lowest BCUT2D eigenvalue weighted by atomic mass is 9.90. The van der Waals surface area contributed by atoms with Crippen molar-refractivity contribution in [2.45, 2.75) is 19.3 Å². The fraction of sp³-hybridized carbons (Fsp3) is 0.538. The van der Waals surface area contributed by atoms with Gasteiger partial charge in [-0.25, -0.2) is 4.39 Å². The number of benzene rings is 1. The van der Waals surface area contributed by atoms with Crippen LogP contribution in [0, 0.1) is 11.7 Å². The van der Waals surface area contributed by atoms with Crippen LogP contribution in [0.1, 0.15) is 18.4 Å². The molecule has 1 N–H and O–H groups in total. The zero-order valence-corrected chi connectivity index (χ0v) is 10.7. The molecule has 0 aromatic heterocycles. The van der Waals surface area contributed by atoms with E-state index >= 15 is 0 Å². The molecule has 18 heavy (non-hydrogen) atoms. The van der Waals surface area contributed by atoms with Gasteiger partial charge in [-0.05, 0) is 38.3 Å². The van der Waals surface area contributed by atoms with E-state index in [2.05, 4.69) is 5.32 Å². The van der Waals surface area contributed by atoms with Crippen molar-refractivity contribution in [1.82, 2.24) is 5.32 Å². The lowest BCUT2D eigenvalue weighted by Gasteiger charge is -2.23. The summed E-state index contributed by atoms with van der Waals surface area (Å²) in [5, 5.41) is 3.42. The topological polar surface area (TPSA) is 30.5 Å². The first-order valence-electron chi connectivity index (χ1n) is 6.23. The van der Waals surface area contributed by atoms with Crippen LogP contribution in [0.4, 0.5) is 4.39 Å². The summed E-state index contributed by atoms with van der Waals surface area (Å²) in [6.07, 6.45) is 2.78. The number of hydrogen-bond donors (Lipinski definition) is 1. The molecular formula is C13H15ClFNO2. The molecule has 2 aliphatic heterocycles. The van der Waals surface area contributed by atoms with Crippen molar-refractivity contribution in [1.29, 1.82) is 0 Å². The number of fused-ring (bicyclic) bond motifs is 1. The van der Waals surface area contributed by atoms with Crippen LogP contribution >= 0.6 is 11.6 Å². The van der Waals surface area contributed by atoms with Crippen LogP contribution < -0.4 is 14.8 Å². The predicted octanol–water partition coefficient (Wildman–Crippen LogP) is 2.75. The lowest BCUT2D eigenvalue weighted by Crippen LogP contribution is -2.28. The number of hydrogen-bond acceptors (Lipinski definition) is 3. The molecule has 0 spiro atoms. The van der Waals surface area contributed by atoms with Crippen molar-refractivity contribution in [3.63, 3.8) is 0 Å². The Morgan fingerprint density at radius 3 is 2.89 bits per heavy atom. The van der Waals surface area contributed by atoms with Gasteiger partial charge in [-0.1, -0.05) is 11.6 Å². The Morgan fingerprint density at radius 1 is 1.33 bits per heavy atom. The molecule has 2 aliphatic rings. The zero-order valence-electron chi connectivity index (χ0n) is 9.97. The fourth-order valence-electron chi connectivity index (χ4n) is 2.61. The first kappa shape index (κ1) is 12.1. The Hall–Kier alpha value is -1.00. The van der Waals surface area contributed by atoms with Crippen molar-refractivity contribution in [2.24, 2.45) is 5.92 Å². The maximum atomic E-state index is 14.1. The van der Waals surface area contributed by atoms with Gasteiger partial charge in [0.05, 0.1) is 5.02 Å². The molecule has 1 aromatic rings. The molecule has 0 atom stereocenters. The molecule has 5 heteroatoms. The summed E-state index contributed by atoms with van der Waals surface area (Å²) in [5.74, 6) is 1.22. The molecular weight excluding hydrogens is 257 g/mol. The van der Waals surface area contributed by atoms with Crippen LogP contribution in [-0.4, -0.2) is 19.9 Å². The Kier molecular flexibility index (Phi) is 3.31. The summed E-state index contributed by atoms with van der Waals surface area (Å²) in [5.41, 5.74) is 0.571. The van der Waals surface area contributed by atoms with Gasteiger partial charge in [-0.3, -0.25) is 0 Å². The van der Waals surface area contributed by atoms with Gasteiger partial charge < -0.3 is 14.8 Å². The third-order valence-corrected chi connectivity index (χ3v) is 3.87. The molecule has 98 valence electrons. The number of piperidine rings is 1. The molecule has 0 bridgehead atoms.